The molecule has 0 saturated carbocycles. The van der Waals surface area contributed by atoms with Crippen molar-refractivity contribution in [2.45, 2.75) is 98.5 Å². The number of fused-ring (bicyclic) bond motifs is 1. The van der Waals surface area contributed by atoms with Gasteiger partial charge in [0.15, 0.2) is 0 Å². The molecule has 0 N–H and O–H groups in total. The quantitative estimate of drug-likeness (QED) is 0.394. The summed E-state index contributed by atoms with van der Waals surface area (Å²) in [5.41, 5.74) is 6.91. The van der Waals surface area contributed by atoms with Gasteiger partial charge in [0.25, 0.3) is 0 Å². The van der Waals surface area contributed by atoms with Gasteiger partial charge in [-0.2, -0.15) is 0 Å². The Kier molecular flexibility index (Phi) is 8.60. The molecule has 1 aliphatic rings. The molecule has 28 heavy (non-hydrogen) atoms. The maximum absolute atomic E-state index is 6.44. The van der Waals surface area contributed by atoms with Crippen LogP contribution in [-0.2, 0) is 6.42 Å². The van der Waals surface area contributed by atoms with Crippen LogP contribution in [0, 0.1) is 13.0 Å². The van der Waals surface area contributed by atoms with Gasteiger partial charge in [-0.1, -0.05) is 34.9 Å². The number of ether oxygens (including phenoxy) is 1. The standard InChI is InChI=1S/C27H39O/c1-21(2)11-7-12-22(3)13-8-14-23(4)15-10-19-27(6)20-18-25-17-9-16-24(5)26(25)28-27/h11,13,15-17H,7-8,10,12,14,18-20H2,1-6H3/b22-13+,23-15+/t27-/m1/s1. The van der Waals surface area contributed by atoms with Crippen LogP contribution in [0.1, 0.15) is 90.7 Å². The van der Waals surface area contributed by atoms with Crippen LogP contribution in [0.2, 0.25) is 0 Å². The molecule has 153 valence electrons. The summed E-state index contributed by atoms with van der Waals surface area (Å²) in [6.45, 7) is 13.3. The van der Waals surface area contributed by atoms with E-state index in [-0.39, 0.29) is 5.60 Å². The van der Waals surface area contributed by atoms with Crippen molar-refractivity contribution in [1.29, 1.82) is 0 Å². The molecular weight excluding hydrogens is 340 g/mol. The summed E-state index contributed by atoms with van der Waals surface area (Å²) in [6, 6.07) is 7.34. The first kappa shape index (κ1) is 22.5. The predicted octanol–water partition coefficient (Wildman–Crippen LogP) is 8.08. The van der Waals surface area contributed by atoms with Crippen molar-refractivity contribution < 1.29 is 4.74 Å². The second-order valence-electron chi connectivity index (χ2n) is 9.04. The molecule has 1 aromatic carbocycles. The lowest BCUT2D eigenvalue weighted by molar-refractivity contribution is 0.0563. The summed E-state index contributed by atoms with van der Waals surface area (Å²) >= 11 is 0. The van der Waals surface area contributed by atoms with Gasteiger partial charge in [0.2, 0.25) is 0 Å². The smallest absolute Gasteiger partial charge is 0.126 e. The molecule has 1 nitrogen and oxygen atoms in total. The van der Waals surface area contributed by atoms with Crippen molar-refractivity contribution in [2.24, 2.45) is 0 Å². The van der Waals surface area contributed by atoms with Crippen LogP contribution in [0.15, 0.2) is 47.1 Å². The van der Waals surface area contributed by atoms with Crippen LogP contribution >= 0.6 is 0 Å². The molecule has 0 unspecified atom stereocenters. The third kappa shape index (κ3) is 7.34. The average molecular weight is 380 g/mol. The van der Waals surface area contributed by atoms with Gasteiger partial charge in [-0.15, -0.1) is 0 Å². The Balaban J connectivity index is 1.76. The fraction of sp³-hybridized carbons (Fsp3) is 0.556. The van der Waals surface area contributed by atoms with Gasteiger partial charge in [-0.3, -0.25) is 0 Å². The lowest BCUT2D eigenvalue weighted by Crippen LogP contribution is -2.36. The highest BCUT2D eigenvalue weighted by molar-refractivity contribution is 5.42. The molecule has 0 aliphatic carbocycles. The Bertz CT molecular complexity index is 731. The molecule has 1 aliphatic heterocycles. The Hall–Kier alpha value is -1.76. The second-order valence-corrected chi connectivity index (χ2v) is 9.04. The third-order valence-electron chi connectivity index (χ3n) is 5.77. The second kappa shape index (κ2) is 10.7. The van der Waals surface area contributed by atoms with Gasteiger partial charge in [-0.25, -0.2) is 0 Å². The number of aryl methyl sites for hydroxylation is 2. The fourth-order valence-corrected chi connectivity index (χ4v) is 3.82. The molecule has 0 amide bonds. The zero-order valence-corrected chi connectivity index (χ0v) is 19.0. The Morgan fingerprint density at radius 1 is 1.00 bits per heavy atom. The first-order valence-electron chi connectivity index (χ1n) is 10.9. The van der Waals surface area contributed by atoms with E-state index in [9.17, 15) is 0 Å². The van der Waals surface area contributed by atoms with Crippen LogP contribution in [0.25, 0.3) is 0 Å². The normalized spacial score (nSPS) is 19.8. The highest BCUT2D eigenvalue weighted by Crippen LogP contribution is 2.37. The number of hydrogen-bond acceptors (Lipinski definition) is 1. The monoisotopic (exact) mass is 379 g/mol. The zero-order chi connectivity index (χ0) is 20.6. The maximum Gasteiger partial charge on any atom is 0.126 e. The lowest BCUT2D eigenvalue weighted by atomic mass is 9.87. The predicted molar refractivity (Wildman–Crippen MR) is 122 cm³/mol. The summed E-state index contributed by atoms with van der Waals surface area (Å²) in [5, 5.41) is 0. The van der Waals surface area contributed by atoms with E-state index in [4.69, 9.17) is 4.74 Å². The van der Waals surface area contributed by atoms with Gasteiger partial charge in [0.1, 0.15) is 11.4 Å². The molecule has 0 spiro atoms. The SMILES string of the molecule is CC(C)=CCC/C(C)=C/CC/C(C)=C/CC[C@]1(C)CCc2c[c]cc(C)c2O1. The molecule has 0 bridgehead atoms. The Morgan fingerprint density at radius 2 is 1.64 bits per heavy atom. The first-order valence-corrected chi connectivity index (χ1v) is 10.9. The van der Waals surface area contributed by atoms with Crippen LogP contribution in [0.5, 0.6) is 5.75 Å². The van der Waals surface area contributed by atoms with E-state index in [0.29, 0.717) is 0 Å². The molecule has 0 fully saturated rings. The van der Waals surface area contributed by atoms with Crippen molar-refractivity contribution in [1.82, 2.24) is 0 Å². The molecule has 0 aromatic heterocycles. The van der Waals surface area contributed by atoms with Crippen molar-refractivity contribution in [2.75, 3.05) is 0 Å². The molecular formula is C27H39O. The van der Waals surface area contributed by atoms with E-state index in [1.165, 1.54) is 40.7 Å². The van der Waals surface area contributed by atoms with Crippen LogP contribution in [0.3, 0.4) is 0 Å². The van der Waals surface area contributed by atoms with Gasteiger partial charge >= 0.3 is 0 Å². The molecule has 2 rings (SSSR count). The number of benzene rings is 1. The largest absolute Gasteiger partial charge is 0.487 e. The van der Waals surface area contributed by atoms with Crippen LogP contribution in [-0.4, -0.2) is 5.60 Å². The minimum atomic E-state index is -0.0443. The molecule has 1 radical (unpaired) electrons. The summed E-state index contributed by atoms with van der Waals surface area (Å²) in [6.07, 6.45) is 16.2. The van der Waals surface area contributed by atoms with Crippen molar-refractivity contribution in [3.05, 3.63) is 64.3 Å². The Morgan fingerprint density at radius 3 is 2.32 bits per heavy atom. The molecule has 0 saturated heterocycles. The first-order chi connectivity index (χ1) is 13.3. The van der Waals surface area contributed by atoms with E-state index in [1.54, 1.807) is 0 Å². The van der Waals surface area contributed by atoms with Crippen LogP contribution in [0.4, 0.5) is 0 Å². The van der Waals surface area contributed by atoms with Crippen molar-refractivity contribution in [3.63, 3.8) is 0 Å². The number of allylic oxidation sites excluding steroid dienone is 6. The summed E-state index contributed by atoms with van der Waals surface area (Å²) < 4.78 is 6.44. The third-order valence-corrected chi connectivity index (χ3v) is 5.77. The minimum absolute atomic E-state index is 0.0443. The highest BCUT2D eigenvalue weighted by atomic mass is 16.5. The highest BCUT2D eigenvalue weighted by Gasteiger charge is 2.31. The fourth-order valence-electron chi connectivity index (χ4n) is 3.82. The summed E-state index contributed by atoms with van der Waals surface area (Å²) in [7, 11) is 0. The van der Waals surface area contributed by atoms with Crippen molar-refractivity contribution in [3.8, 4) is 5.75 Å². The molecule has 1 heteroatoms. The summed E-state index contributed by atoms with van der Waals surface area (Å²) in [4.78, 5) is 0. The number of rotatable bonds is 9. The minimum Gasteiger partial charge on any atom is -0.487 e. The van der Waals surface area contributed by atoms with E-state index >= 15 is 0 Å². The van der Waals surface area contributed by atoms with E-state index < -0.39 is 0 Å². The van der Waals surface area contributed by atoms with Crippen molar-refractivity contribution >= 4 is 0 Å². The molecule has 1 atom stereocenters. The van der Waals surface area contributed by atoms with Crippen LogP contribution < -0.4 is 4.74 Å². The Labute approximate surface area is 173 Å². The average Bonchev–Trinajstić information content (AvgIpc) is 2.62. The topological polar surface area (TPSA) is 9.23 Å². The molecule has 1 aromatic rings. The number of hydrogen-bond donors (Lipinski definition) is 0. The van der Waals surface area contributed by atoms with Gasteiger partial charge < -0.3 is 4.74 Å². The summed E-state index contributed by atoms with van der Waals surface area (Å²) in [5.74, 6) is 1.10. The van der Waals surface area contributed by atoms with Gasteiger partial charge in [0, 0.05) is 0 Å². The lowest BCUT2D eigenvalue weighted by Gasteiger charge is -2.36. The van der Waals surface area contributed by atoms with E-state index in [1.807, 2.05) is 6.07 Å². The zero-order valence-electron chi connectivity index (χ0n) is 19.0. The van der Waals surface area contributed by atoms with Gasteiger partial charge in [0.05, 0.1) is 0 Å². The van der Waals surface area contributed by atoms with E-state index in [0.717, 1.165) is 44.3 Å². The van der Waals surface area contributed by atoms with E-state index in [2.05, 4.69) is 71.9 Å². The molecule has 1 heterocycles. The van der Waals surface area contributed by atoms with Gasteiger partial charge in [-0.05, 0) is 122 Å². The maximum atomic E-state index is 6.44.